The van der Waals surface area contributed by atoms with Crippen LogP contribution < -0.4 is 5.32 Å². The van der Waals surface area contributed by atoms with E-state index in [-0.39, 0.29) is 0 Å². The second-order valence-electron chi connectivity index (χ2n) is 4.91. The summed E-state index contributed by atoms with van der Waals surface area (Å²) in [5, 5.41) is 11.6. The van der Waals surface area contributed by atoms with Gasteiger partial charge in [-0.2, -0.15) is 0 Å². The standard InChI is InChI=1S/C15H21NO3/c1-15(14(18)19,13(17)16-2)11-7-6-10-12-8-4-3-5-9-12/h3-5,8-9H,6-7,10-11H2,1-2H3,(H,16,17)(H,18,19). The van der Waals surface area contributed by atoms with Gasteiger partial charge in [0.25, 0.3) is 0 Å². The number of hydrogen-bond acceptors (Lipinski definition) is 2. The molecular formula is C15H21NO3. The second-order valence-corrected chi connectivity index (χ2v) is 4.91. The van der Waals surface area contributed by atoms with Crippen LogP contribution in [0.4, 0.5) is 0 Å². The van der Waals surface area contributed by atoms with Gasteiger partial charge in [0.15, 0.2) is 0 Å². The summed E-state index contributed by atoms with van der Waals surface area (Å²) < 4.78 is 0. The molecule has 0 fully saturated rings. The first-order chi connectivity index (χ1) is 9.00. The van der Waals surface area contributed by atoms with Crippen LogP contribution in [-0.2, 0) is 16.0 Å². The first-order valence-electron chi connectivity index (χ1n) is 6.50. The molecule has 1 rings (SSSR count). The summed E-state index contributed by atoms with van der Waals surface area (Å²) >= 11 is 0. The third-order valence-electron chi connectivity index (χ3n) is 3.44. The zero-order valence-corrected chi connectivity index (χ0v) is 11.5. The maximum atomic E-state index is 11.6. The molecule has 4 nitrogen and oxygen atoms in total. The summed E-state index contributed by atoms with van der Waals surface area (Å²) in [6.07, 6.45) is 2.86. The Bertz CT molecular complexity index is 430. The molecule has 19 heavy (non-hydrogen) atoms. The predicted octanol–water partition coefficient (Wildman–Crippen LogP) is 2.24. The van der Waals surface area contributed by atoms with Crippen molar-refractivity contribution in [3.05, 3.63) is 35.9 Å². The summed E-state index contributed by atoms with van der Waals surface area (Å²) in [5.74, 6) is -1.49. The SMILES string of the molecule is CNC(=O)C(C)(CCCCc1ccccc1)C(=O)O. The Hall–Kier alpha value is -1.84. The number of aliphatic carboxylic acids is 1. The lowest BCUT2D eigenvalue weighted by Crippen LogP contribution is -2.43. The predicted molar refractivity (Wildman–Crippen MR) is 73.8 cm³/mol. The van der Waals surface area contributed by atoms with Crippen LogP contribution in [-0.4, -0.2) is 24.0 Å². The lowest BCUT2D eigenvalue weighted by molar-refractivity contribution is -0.155. The topological polar surface area (TPSA) is 66.4 Å². The minimum Gasteiger partial charge on any atom is -0.480 e. The molecule has 1 atom stereocenters. The van der Waals surface area contributed by atoms with E-state index in [2.05, 4.69) is 17.4 Å². The van der Waals surface area contributed by atoms with Gasteiger partial charge in [-0.05, 0) is 31.7 Å². The Morgan fingerprint density at radius 2 is 1.84 bits per heavy atom. The van der Waals surface area contributed by atoms with Gasteiger partial charge in [0.05, 0.1) is 0 Å². The first kappa shape index (κ1) is 15.2. The Morgan fingerprint density at radius 3 is 2.37 bits per heavy atom. The van der Waals surface area contributed by atoms with E-state index in [0.29, 0.717) is 12.8 Å². The number of carboxylic acid groups (broad SMARTS) is 1. The van der Waals surface area contributed by atoms with Crippen LogP contribution >= 0.6 is 0 Å². The second kappa shape index (κ2) is 6.92. The van der Waals surface area contributed by atoms with Gasteiger partial charge in [0.1, 0.15) is 5.41 Å². The number of carbonyl (C=O) groups is 2. The van der Waals surface area contributed by atoms with Crippen molar-refractivity contribution < 1.29 is 14.7 Å². The van der Waals surface area contributed by atoms with Crippen LogP contribution in [0.1, 0.15) is 31.7 Å². The molecule has 0 aromatic heterocycles. The average molecular weight is 263 g/mol. The van der Waals surface area contributed by atoms with Crippen molar-refractivity contribution in [3.63, 3.8) is 0 Å². The highest BCUT2D eigenvalue weighted by atomic mass is 16.4. The number of benzene rings is 1. The third kappa shape index (κ3) is 4.09. The van der Waals surface area contributed by atoms with Crippen molar-refractivity contribution in [1.29, 1.82) is 0 Å². The van der Waals surface area contributed by atoms with E-state index in [9.17, 15) is 14.7 Å². The highest BCUT2D eigenvalue weighted by Crippen LogP contribution is 2.25. The zero-order valence-electron chi connectivity index (χ0n) is 11.5. The fourth-order valence-electron chi connectivity index (χ4n) is 2.05. The van der Waals surface area contributed by atoms with Crippen molar-refractivity contribution in [2.45, 2.75) is 32.6 Å². The van der Waals surface area contributed by atoms with E-state index in [1.165, 1.54) is 19.5 Å². The minimum atomic E-state index is -1.33. The molecule has 0 bridgehead atoms. The number of amides is 1. The quantitative estimate of drug-likeness (QED) is 0.585. The van der Waals surface area contributed by atoms with Crippen LogP contribution in [0.2, 0.25) is 0 Å². The molecule has 1 amide bonds. The van der Waals surface area contributed by atoms with E-state index >= 15 is 0 Å². The Morgan fingerprint density at radius 1 is 1.21 bits per heavy atom. The van der Waals surface area contributed by atoms with Gasteiger partial charge in [0, 0.05) is 7.05 Å². The van der Waals surface area contributed by atoms with E-state index < -0.39 is 17.3 Å². The average Bonchev–Trinajstić information content (AvgIpc) is 2.43. The van der Waals surface area contributed by atoms with Gasteiger partial charge in [0.2, 0.25) is 5.91 Å². The molecule has 0 spiro atoms. The zero-order chi connectivity index (χ0) is 14.3. The van der Waals surface area contributed by atoms with Crippen molar-refractivity contribution in [3.8, 4) is 0 Å². The van der Waals surface area contributed by atoms with E-state index in [1.807, 2.05) is 18.2 Å². The normalized spacial score (nSPS) is 13.6. The molecule has 0 aliphatic carbocycles. The van der Waals surface area contributed by atoms with E-state index in [0.717, 1.165) is 12.8 Å². The van der Waals surface area contributed by atoms with Crippen LogP contribution in [0, 0.1) is 5.41 Å². The molecule has 0 aliphatic rings. The Labute approximate surface area is 113 Å². The molecule has 0 saturated carbocycles. The molecule has 1 unspecified atom stereocenters. The van der Waals surface area contributed by atoms with Gasteiger partial charge in [-0.25, -0.2) is 0 Å². The number of nitrogens with one attached hydrogen (secondary N) is 1. The number of carboxylic acids is 1. The molecule has 1 aromatic carbocycles. The molecule has 104 valence electrons. The summed E-state index contributed by atoms with van der Waals surface area (Å²) in [6, 6.07) is 10.0. The highest BCUT2D eigenvalue weighted by molar-refractivity contribution is 6.01. The summed E-state index contributed by atoms with van der Waals surface area (Å²) in [7, 11) is 1.47. The molecule has 0 aliphatic heterocycles. The lowest BCUT2D eigenvalue weighted by atomic mass is 9.83. The van der Waals surface area contributed by atoms with Gasteiger partial charge >= 0.3 is 5.97 Å². The number of aryl methyl sites for hydroxylation is 1. The molecule has 0 heterocycles. The fourth-order valence-corrected chi connectivity index (χ4v) is 2.05. The van der Waals surface area contributed by atoms with Gasteiger partial charge in [-0.1, -0.05) is 36.8 Å². The molecule has 0 radical (unpaired) electrons. The van der Waals surface area contributed by atoms with Crippen LogP contribution in [0.25, 0.3) is 0 Å². The molecule has 0 saturated heterocycles. The highest BCUT2D eigenvalue weighted by Gasteiger charge is 2.39. The largest absolute Gasteiger partial charge is 0.480 e. The van der Waals surface area contributed by atoms with E-state index in [4.69, 9.17) is 0 Å². The van der Waals surface area contributed by atoms with Crippen molar-refractivity contribution >= 4 is 11.9 Å². The minimum absolute atomic E-state index is 0.356. The van der Waals surface area contributed by atoms with Gasteiger partial charge in [-0.15, -0.1) is 0 Å². The summed E-state index contributed by atoms with van der Waals surface area (Å²) in [6.45, 7) is 1.48. The first-order valence-corrected chi connectivity index (χ1v) is 6.50. The molecule has 4 heteroatoms. The summed E-state index contributed by atoms with van der Waals surface area (Å²) in [5.41, 5.74) is -0.0923. The number of unbranched alkanes of at least 4 members (excludes halogenated alkanes) is 1. The molecule has 1 aromatic rings. The maximum Gasteiger partial charge on any atom is 0.318 e. The van der Waals surface area contributed by atoms with E-state index in [1.54, 1.807) is 0 Å². The van der Waals surface area contributed by atoms with Crippen LogP contribution in [0.3, 0.4) is 0 Å². The number of carbonyl (C=O) groups excluding carboxylic acids is 1. The molecule has 2 N–H and O–H groups in total. The maximum absolute atomic E-state index is 11.6. The number of rotatable bonds is 7. The third-order valence-corrected chi connectivity index (χ3v) is 3.44. The fraction of sp³-hybridized carbons (Fsp3) is 0.467. The van der Waals surface area contributed by atoms with Crippen molar-refractivity contribution in [2.24, 2.45) is 5.41 Å². The number of hydrogen-bond donors (Lipinski definition) is 2. The Kier molecular flexibility index (Phi) is 5.55. The Balaban J connectivity index is 2.46. The van der Waals surface area contributed by atoms with Crippen LogP contribution in [0.15, 0.2) is 30.3 Å². The molecular weight excluding hydrogens is 242 g/mol. The smallest absolute Gasteiger partial charge is 0.318 e. The van der Waals surface area contributed by atoms with Crippen molar-refractivity contribution in [1.82, 2.24) is 5.32 Å². The van der Waals surface area contributed by atoms with Gasteiger partial charge < -0.3 is 10.4 Å². The lowest BCUT2D eigenvalue weighted by Gasteiger charge is -2.22. The summed E-state index contributed by atoms with van der Waals surface area (Å²) in [4.78, 5) is 22.9. The van der Waals surface area contributed by atoms with Gasteiger partial charge in [-0.3, -0.25) is 9.59 Å². The monoisotopic (exact) mass is 263 g/mol. The van der Waals surface area contributed by atoms with Crippen LogP contribution in [0.5, 0.6) is 0 Å². The van der Waals surface area contributed by atoms with Crippen molar-refractivity contribution in [2.75, 3.05) is 7.05 Å².